The van der Waals surface area contributed by atoms with Crippen molar-refractivity contribution in [1.82, 2.24) is 15.5 Å². The zero-order valence-electron chi connectivity index (χ0n) is 16.2. The number of morpholine rings is 1. The molecule has 0 saturated carbocycles. The van der Waals surface area contributed by atoms with E-state index >= 15 is 0 Å². The molecule has 2 amide bonds. The summed E-state index contributed by atoms with van der Waals surface area (Å²) in [5.74, 6) is 0. The lowest BCUT2D eigenvalue weighted by molar-refractivity contribution is 0.0342. The van der Waals surface area contributed by atoms with Gasteiger partial charge in [0.05, 0.1) is 19.3 Å². The fourth-order valence-electron chi connectivity index (χ4n) is 3.36. The second kappa shape index (κ2) is 9.53. The van der Waals surface area contributed by atoms with Gasteiger partial charge < -0.3 is 15.4 Å². The maximum Gasteiger partial charge on any atom is 0.315 e. The van der Waals surface area contributed by atoms with Gasteiger partial charge in [0.25, 0.3) is 0 Å². The summed E-state index contributed by atoms with van der Waals surface area (Å²) in [5.41, 5.74) is 4.71. The van der Waals surface area contributed by atoms with Crippen LogP contribution in [0, 0.1) is 6.92 Å². The van der Waals surface area contributed by atoms with Crippen molar-refractivity contribution < 1.29 is 9.53 Å². The molecule has 144 valence electrons. The molecule has 2 N–H and O–H groups in total. The predicted octanol–water partition coefficient (Wildman–Crippen LogP) is 3.39. The first-order valence-electron chi connectivity index (χ1n) is 9.59. The Bertz CT molecular complexity index is 739. The molecule has 0 unspecified atom stereocenters. The van der Waals surface area contributed by atoms with Gasteiger partial charge in [0.15, 0.2) is 0 Å². The van der Waals surface area contributed by atoms with Crippen molar-refractivity contribution in [3.05, 3.63) is 70.8 Å². The number of nitrogens with one attached hydrogen (secondary N) is 2. The van der Waals surface area contributed by atoms with Crippen LogP contribution in [0.1, 0.15) is 35.2 Å². The minimum atomic E-state index is -0.150. The van der Waals surface area contributed by atoms with Crippen LogP contribution in [0.4, 0.5) is 4.79 Å². The van der Waals surface area contributed by atoms with E-state index in [0.29, 0.717) is 6.54 Å². The van der Waals surface area contributed by atoms with Gasteiger partial charge in [-0.3, -0.25) is 4.90 Å². The number of carbonyl (C=O) groups is 1. The highest BCUT2D eigenvalue weighted by atomic mass is 16.5. The molecule has 1 atom stereocenters. The number of amides is 2. The molecule has 2 aromatic carbocycles. The third-order valence-corrected chi connectivity index (χ3v) is 4.99. The van der Waals surface area contributed by atoms with E-state index in [1.807, 2.05) is 25.1 Å². The quantitative estimate of drug-likeness (QED) is 0.823. The number of hydrogen-bond acceptors (Lipinski definition) is 3. The predicted molar refractivity (Wildman–Crippen MR) is 108 cm³/mol. The molecule has 1 aliphatic heterocycles. The fourth-order valence-corrected chi connectivity index (χ4v) is 3.36. The van der Waals surface area contributed by atoms with Crippen LogP contribution in [-0.2, 0) is 17.8 Å². The van der Waals surface area contributed by atoms with E-state index in [9.17, 15) is 4.79 Å². The Balaban J connectivity index is 1.45. The number of nitrogens with zero attached hydrogens (tertiary/aromatic N) is 1. The average molecular weight is 367 g/mol. The van der Waals surface area contributed by atoms with Gasteiger partial charge in [-0.1, -0.05) is 48.5 Å². The number of carbonyl (C=O) groups excluding carboxylic acids is 1. The Morgan fingerprint density at radius 1 is 1.07 bits per heavy atom. The molecular formula is C22H29N3O2. The first-order valence-corrected chi connectivity index (χ1v) is 9.59. The molecule has 0 bridgehead atoms. The van der Waals surface area contributed by atoms with Crippen LogP contribution < -0.4 is 10.6 Å². The van der Waals surface area contributed by atoms with Crippen LogP contribution in [0.25, 0.3) is 0 Å². The third-order valence-electron chi connectivity index (χ3n) is 4.99. The molecule has 27 heavy (non-hydrogen) atoms. The molecule has 0 aromatic heterocycles. The number of benzene rings is 2. The standard InChI is InChI=1S/C22H29N3O2/c1-17-5-3-4-6-21(17)18(2)24-22(26)23-15-19-7-9-20(10-8-19)16-25-11-13-27-14-12-25/h3-10,18H,11-16H2,1-2H3,(H2,23,24,26)/t18-/m1/s1. The number of hydrogen-bond donors (Lipinski definition) is 2. The van der Waals surface area contributed by atoms with E-state index in [1.54, 1.807) is 0 Å². The lowest BCUT2D eigenvalue weighted by Crippen LogP contribution is -2.36. The molecule has 0 spiro atoms. The Morgan fingerprint density at radius 3 is 2.44 bits per heavy atom. The summed E-state index contributed by atoms with van der Waals surface area (Å²) in [6.07, 6.45) is 0. The van der Waals surface area contributed by atoms with Gasteiger partial charge in [0.1, 0.15) is 0 Å². The van der Waals surface area contributed by atoms with Crippen LogP contribution in [0.2, 0.25) is 0 Å². The second-order valence-electron chi connectivity index (χ2n) is 7.11. The average Bonchev–Trinajstić information content (AvgIpc) is 2.68. The minimum Gasteiger partial charge on any atom is -0.379 e. The van der Waals surface area contributed by atoms with Crippen molar-refractivity contribution in [1.29, 1.82) is 0 Å². The molecule has 0 radical (unpaired) electrons. The van der Waals surface area contributed by atoms with E-state index < -0.39 is 0 Å². The lowest BCUT2D eigenvalue weighted by atomic mass is 10.0. The van der Waals surface area contributed by atoms with Gasteiger partial charge in [-0.2, -0.15) is 0 Å². The molecule has 5 heteroatoms. The maximum atomic E-state index is 12.2. The number of urea groups is 1. The minimum absolute atomic E-state index is 0.0258. The van der Waals surface area contributed by atoms with Gasteiger partial charge in [0, 0.05) is 26.2 Å². The fraction of sp³-hybridized carbons (Fsp3) is 0.409. The summed E-state index contributed by atoms with van der Waals surface area (Å²) in [5, 5.41) is 5.95. The summed E-state index contributed by atoms with van der Waals surface area (Å²) >= 11 is 0. The topological polar surface area (TPSA) is 53.6 Å². The normalized spacial score (nSPS) is 15.9. The van der Waals surface area contributed by atoms with Gasteiger partial charge in [-0.25, -0.2) is 4.79 Å². The van der Waals surface area contributed by atoms with Crippen LogP contribution in [0.5, 0.6) is 0 Å². The Kier molecular flexibility index (Phi) is 6.85. The Morgan fingerprint density at radius 2 is 1.74 bits per heavy atom. The van der Waals surface area contributed by atoms with E-state index in [2.05, 4.69) is 52.8 Å². The summed E-state index contributed by atoms with van der Waals surface area (Å²) in [6, 6.07) is 16.4. The Labute approximate surface area is 161 Å². The smallest absolute Gasteiger partial charge is 0.315 e. The molecule has 1 aliphatic rings. The second-order valence-corrected chi connectivity index (χ2v) is 7.11. The number of ether oxygens (including phenoxy) is 1. The van der Waals surface area contributed by atoms with Gasteiger partial charge >= 0.3 is 6.03 Å². The molecule has 5 nitrogen and oxygen atoms in total. The highest BCUT2D eigenvalue weighted by Gasteiger charge is 2.12. The van der Waals surface area contributed by atoms with E-state index in [1.165, 1.54) is 11.1 Å². The van der Waals surface area contributed by atoms with E-state index in [-0.39, 0.29) is 12.1 Å². The monoisotopic (exact) mass is 367 g/mol. The van der Waals surface area contributed by atoms with Crippen LogP contribution in [0.3, 0.4) is 0 Å². The van der Waals surface area contributed by atoms with Crippen molar-refractivity contribution >= 4 is 6.03 Å². The summed E-state index contributed by atoms with van der Waals surface area (Å²) in [7, 11) is 0. The van der Waals surface area contributed by atoms with E-state index in [0.717, 1.165) is 44.0 Å². The molecule has 2 aromatic rings. The van der Waals surface area contributed by atoms with Crippen molar-refractivity contribution in [2.24, 2.45) is 0 Å². The molecule has 1 fully saturated rings. The summed E-state index contributed by atoms with van der Waals surface area (Å²) < 4.78 is 5.39. The molecule has 3 rings (SSSR count). The largest absolute Gasteiger partial charge is 0.379 e. The molecule has 0 aliphatic carbocycles. The van der Waals surface area contributed by atoms with Crippen molar-refractivity contribution in [3.8, 4) is 0 Å². The lowest BCUT2D eigenvalue weighted by Gasteiger charge is -2.26. The summed E-state index contributed by atoms with van der Waals surface area (Å²) in [6.45, 7) is 9.14. The van der Waals surface area contributed by atoms with Crippen LogP contribution in [0.15, 0.2) is 48.5 Å². The Hall–Kier alpha value is -2.37. The highest BCUT2D eigenvalue weighted by Crippen LogP contribution is 2.16. The number of aryl methyl sites for hydroxylation is 1. The summed E-state index contributed by atoms with van der Waals surface area (Å²) in [4.78, 5) is 14.6. The van der Waals surface area contributed by atoms with Crippen LogP contribution in [-0.4, -0.2) is 37.2 Å². The zero-order chi connectivity index (χ0) is 19.1. The van der Waals surface area contributed by atoms with Crippen molar-refractivity contribution in [3.63, 3.8) is 0 Å². The first-order chi connectivity index (χ1) is 13.1. The zero-order valence-corrected chi connectivity index (χ0v) is 16.2. The van der Waals surface area contributed by atoms with Gasteiger partial charge in [-0.05, 0) is 36.1 Å². The SMILES string of the molecule is Cc1ccccc1[C@@H](C)NC(=O)NCc1ccc(CN2CCOCC2)cc1. The van der Waals surface area contributed by atoms with Crippen molar-refractivity contribution in [2.45, 2.75) is 33.0 Å². The molecule has 1 heterocycles. The van der Waals surface area contributed by atoms with Crippen LogP contribution >= 0.6 is 0 Å². The maximum absolute atomic E-state index is 12.2. The van der Waals surface area contributed by atoms with Crippen molar-refractivity contribution in [2.75, 3.05) is 26.3 Å². The molecule has 1 saturated heterocycles. The third kappa shape index (κ3) is 5.81. The molecular weight excluding hydrogens is 338 g/mol. The number of rotatable bonds is 6. The van der Waals surface area contributed by atoms with Gasteiger partial charge in [0.2, 0.25) is 0 Å². The van der Waals surface area contributed by atoms with E-state index in [4.69, 9.17) is 4.74 Å². The first kappa shape index (κ1) is 19.4. The highest BCUT2D eigenvalue weighted by molar-refractivity contribution is 5.74. The van der Waals surface area contributed by atoms with Gasteiger partial charge in [-0.15, -0.1) is 0 Å².